The van der Waals surface area contributed by atoms with Crippen LogP contribution in [0, 0.1) is 0 Å². The van der Waals surface area contributed by atoms with E-state index in [2.05, 4.69) is 29.0 Å². The van der Waals surface area contributed by atoms with Gasteiger partial charge in [-0.25, -0.2) is 19.2 Å². The van der Waals surface area contributed by atoms with Gasteiger partial charge in [0, 0.05) is 75.8 Å². The zero-order valence-corrected chi connectivity index (χ0v) is 41.2. The van der Waals surface area contributed by atoms with Crippen molar-refractivity contribution in [2.75, 3.05) is 54.1 Å². The van der Waals surface area contributed by atoms with Crippen molar-refractivity contribution >= 4 is 99.5 Å². The molecule has 4 aliphatic rings. The van der Waals surface area contributed by atoms with Crippen LogP contribution in [-0.2, 0) is 51.1 Å². The van der Waals surface area contributed by atoms with Crippen LogP contribution >= 0.6 is 70.5 Å². The van der Waals surface area contributed by atoms with Gasteiger partial charge in [-0.3, -0.25) is 19.5 Å². The number of carbonyl (C=O) groups excluding carboxylic acids is 4. The molecule has 5 atom stereocenters. The fourth-order valence-electron chi connectivity index (χ4n) is 8.45. The van der Waals surface area contributed by atoms with Gasteiger partial charge in [-0.15, -0.1) is 11.3 Å². The Morgan fingerprint density at radius 3 is 1.65 bits per heavy atom. The molecule has 350 valence electrons. The van der Waals surface area contributed by atoms with Gasteiger partial charge in [0.1, 0.15) is 18.1 Å². The van der Waals surface area contributed by atoms with E-state index in [-0.39, 0.29) is 27.6 Å². The lowest BCUT2D eigenvalue weighted by Crippen LogP contribution is -2.42. The van der Waals surface area contributed by atoms with Gasteiger partial charge in [-0.1, -0.05) is 101 Å². The number of thioether (sulfide) groups is 1. The van der Waals surface area contributed by atoms with Gasteiger partial charge in [0.2, 0.25) is 5.12 Å². The number of aliphatic carboxylic acids is 1. The third kappa shape index (κ3) is 12.7. The Morgan fingerprint density at radius 1 is 0.697 bits per heavy atom. The highest BCUT2D eigenvalue weighted by Gasteiger charge is 2.39. The Morgan fingerprint density at radius 2 is 1.17 bits per heavy atom. The van der Waals surface area contributed by atoms with E-state index in [4.69, 9.17) is 54.1 Å². The second-order valence-electron chi connectivity index (χ2n) is 15.7. The molecule has 2 unspecified atom stereocenters. The Kier molecular flexibility index (Phi) is 18.8. The summed E-state index contributed by atoms with van der Waals surface area (Å²) in [6.45, 7) is 3.82. The van der Waals surface area contributed by atoms with Gasteiger partial charge in [0.25, 0.3) is 0 Å². The van der Waals surface area contributed by atoms with Crippen LogP contribution in [0.5, 0.6) is 0 Å². The fraction of sp³-hybridized carbons (Fsp3) is 0.354. The van der Waals surface area contributed by atoms with Crippen molar-refractivity contribution in [1.82, 2.24) is 14.7 Å². The van der Waals surface area contributed by atoms with Crippen LogP contribution in [0.25, 0.3) is 0 Å². The minimum Gasteiger partial charge on any atom is -0.478 e. The number of likely N-dealkylation sites (tertiary alicyclic amines) is 2. The van der Waals surface area contributed by atoms with Crippen molar-refractivity contribution in [2.24, 2.45) is 0 Å². The Hall–Kier alpha value is -4.16. The number of hydrogen-bond donors (Lipinski definition) is 2. The monoisotopic (exact) mass is 1010 g/mol. The number of piperidine rings is 2. The lowest BCUT2D eigenvalue weighted by molar-refractivity contribution is -0.148. The van der Waals surface area contributed by atoms with Gasteiger partial charge < -0.3 is 19.3 Å². The number of esters is 3. The third-order valence-electron chi connectivity index (χ3n) is 11.7. The number of carboxylic acids is 1. The number of rotatable bonds is 10. The Labute approximate surface area is 413 Å². The molecule has 5 heterocycles. The van der Waals surface area contributed by atoms with E-state index in [9.17, 15) is 24.0 Å². The molecule has 0 bridgehead atoms. The molecule has 8 rings (SSSR count). The van der Waals surface area contributed by atoms with E-state index in [0.717, 1.165) is 55.3 Å². The molecule has 0 saturated carbocycles. The molecule has 18 heteroatoms. The van der Waals surface area contributed by atoms with E-state index >= 15 is 0 Å². The highest BCUT2D eigenvalue weighted by atomic mass is 35.5. The van der Waals surface area contributed by atoms with Crippen LogP contribution < -0.4 is 0 Å². The topological polar surface area (TPSA) is 143 Å². The van der Waals surface area contributed by atoms with Crippen molar-refractivity contribution in [3.63, 3.8) is 0 Å². The first-order chi connectivity index (χ1) is 31.7. The molecule has 0 radical (unpaired) electrons. The summed E-state index contributed by atoms with van der Waals surface area (Å²) in [5.74, 6) is -2.04. The van der Waals surface area contributed by atoms with Gasteiger partial charge in [0.05, 0.1) is 21.3 Å². The first-order valence-electron chi connectivity index (χ1n) is 21.0. The summed E-state index contributed by atoms with van der Waals surface area (Å²) in [6, 6.07) is 22.3. The molecule has 12 nitrogen and oxygen atoms in total. The van der Waals surface area contributed by atoms with E-state index in [1.165, 1.54) is 43.5 Å². The van der Waals surface area contributed by atoms with E-state index in [0.29, 0.717) is 52.3 Å². The van der Waals surface area contributed by atoms with Crippen molar-refractivity contribution in [3.8, 4) is 0 Å². The Balaban J connectivity index is 0.000000164. The molecule has 0 spiro atoms. The molecule has 4 aromatic rings. The number of carbonyl (C=O) groups is 5. The quantitative estimate of drug-likeness (QED) is 0.0676. The number of thiol groups is 1. The van der Waals surface area contributed by atoms with Gasteiger partial charge in [-0.05, 0) is 88.4 Å². The average Bonchev–Trinajstić information content (AvgIpc) is 3.95. The fourth-order valence-corrected chi connectivity index (χ4v) is 11.3. The average molecular weight is 1020 g/mol. The van der Waals surface area contributed by atoms with E-state index in [1.54, 1.807) is 47.7 Å². The number of ether oxygens (including phenoxy) is 3. The largest absolute Gasteiger partial charge is 0.478 e. The number of carboxylic acid groups (broad SMARTS) is 1. The van der Waals surface area contributed by atoms with Crippen LogP contribution in [0.1, 0.15) is 58.1 Å². The number of thiophene rings is 1. The predicted octanol–water partition coefficient (Wildman–Crippen LogP) is 9.07. The molecule has 0 aliphatic carbocycles. The lowest BCUT2D eigenvalue weighted by atomic mass is 9.98. The number of fused-ring (bicyclic) bond motifs is 2. The summed E-state index contributed by atoms with van der Waals surface area (Å²) in [5.41, 5.74) is 5.24. The second kappa shape index (κ2) is 24.2. The van der Waals surface area contributed by atoms with Crippen LogP contribution in [0.2, 0.25) is 15.1 Å². The molecule has 4 aliphatic heterocycles. The molecular formula is C48H50Cl3N3O9S3. The summed E-state index contributed by atoms with van der Waals surface area (Å²) in [6.07, 6.45) is 5.30. The highest BCUT2D eigenvalue weighted by molar-refractivity contribution is 8.15. The van der Waals surface area contributed by atoms with Crippen molar-refractivity contribution in [2.45, 2.75) is 54.4 Å². The summed E-state index contributed by atoms with van der Waals surface area (Å²) < 4.78 is 14.9. The summed E-state index contributed by atoms with van der Waals surface area (Å²) in [5, 5.41) is 12.9. The SMILES string of the molecule is COC(=O)[C@H](c1ccccc1Cl)N1CCC(S)/C(=C\C(=O)O)C1.COC(=O)[C@H](c1ccccc1Cl)N1CCC2SC(=O)C=C2C1.COC(=O)[C@H](c1ccccc1Cl)N1CCc2sccc2C1. The molecule has 2 fully saturated rings. The number of benzene rings is 3. The van der Waals surface area contributed by atoms with Crippen molar-refractivity contribution in [3.05, 3.63) is 150 Å². The van der Waals surface area contributed by atoms with Gasteiger partial charge >= 0.3 is 23.9 Å². The first kappa shape index (κ1) is 51.2. The number of hydrogen-bond acceptors (Lipinski definition) is 14. The molecule has 3 aromatic carbocycles. The summed E-state index contributed by atoms with van der Waals surface area (Å²) in [4.78, 5) is 66.9. The molecule has 0 amide bonds. The molecule has 66 heavy (non-hydrogen) atoms. The first-order valence-corrected chi connectivity index (χ1v) is 24.4. The third-order valence-corrected chi connectivity index (χ3v) is 15.5. The molecule has 1 N–H and O–H groups in total. The van der Waals surface area contributed by atoms with Gasteiger partial charge in [0.15, 0.2) is 0 Å². The molecular weight excluding hydrogens is 965 g/mol. The number of methoxy groups -OCH3 is 3. The summed E-state index contributed by atoms with van der Waals surface area (Å²) in [7, 11) is 4.13. The lowest BCUT2D eigenvalue weighted by Gasteiger charge is -2.36. The highest BCUT2D eigenvalue weighted by Crippen LogP contribution is 2.39. The van der Waals surface area contributed by atoms with E-state index < -0.39 is 30.1 Å². The number of nitrogens with zero attached hydrogens (tertiary/aromatic N) is 3. The van der Waals surface area contributed by atoms with Crippen LogP contribution in [-0.4, -0.2) is 113 Å². The Bertz CT molecular complexity index is 2470. The normalized spacial score (nSPS) is 20.4. The predicted molar refractivity (Wildman–Crippen MR) is 262 cm³/mol. The summed E-state index contributed by atoms with van der Waals surface area (Å²) >= 11 is 26.4. The van der Waals surface area contributed by atoms with Crippen LogP contribution in [0.3, 0.4) is 0 Å². The maximum atomic E-state index is 12.3. The zero-order chi connectivity index (χ0) is 47.5. The minimum absolute atomic E-state index is 0.106. The van der Waals surface area contributed by atoms with Crippen molar-refractivity contribution in [1.29, 1.82) is 0 Å². The minimum atomic E-state index is -1.02. The van der Waals surface area contributed by atoms with E-state index in [1.807, 2.05) is 52.3 Å². The van der Waals surface area contributed by atoms with Crippen molar-refractivity contribution < 1.29 is 43.3 Å². The van der Waals surface area contributed by atoms with Crippen LogP contribution in [0.15, 0.2) is 108 Å². The smallest absolute Gasteiger partial charge is 0.328 e. The maximum Gasteiger partial charge on any atom is 0.328 e. The number of halogens is 3. The zero-order valence-electron chi connectivity index (χ0n) is 36.4. The standard InChI is InChI=1S/C16H18ClNO4S.C16H16ClNO3S.C16H16ClNO2S/c1-22-16(21)15(11-4-2-3-5-12(11)17)18-7-6-13(23)10(9-18)8-14(19)20;1-21-16(20)15(11-4-2-3-5-12(11)17)18-7-6-13-10(9-18)8-14(19)22-13;1-20-16(19)15(12-4-2-3-5-13(12)17)18-8-6-14-11(10-18)7-9-21-14/h2-5,8,13,15,23H,6-7,9H2,1H3,(H,19,20);2-5,8,13,15H,6-7,9H2,1H3;2-5,7,9,15H,6,8,10H2,1H3/b10-8-;;/t2*13?,15-;15-/m000/s1. The van der Waals surface area contributed by atoms with Gasteiger partial charge in [-0.2, -0.15) is 12.6 Å². The molecule has 2 saturated heterocycles. The van der Waals surface area contributed by atoms with Crippen LogP contribution in [0.4, 0.5) is 0 Å². The maximum absolute atomic E-state index is 12.3. The second-order valence-corrected chi connectivity index (χ2v) is 19.7. The molecule has 1 aromatic heterocycles.